The van der Waals surface area contributed by atoms with Gasteiger partial charge in [0.2, 0.25) is 0 Å². The number of benzene rings is 1. The maximum absolute atomic E-state index is 13.3. The predicted molar refractivity (Wildman–Crippen MR) is 75.8 cm³/mol. The van der Waals surface area contributed by atoms with Crippen LogP contribution in [0.15, 0.2) is 18.2 Å². The van der Waals surface area contributed by atoms with Gasteiger partial charge in [0.25, 0.3) is 0 Å². The molecule has 1 aliphatic carbocycles. The van der Waals surface area contributed by atoms with E-state index in [1.807, 2.05) is 0 Å². The summed E-state index contributed by atoms with van der Waals surface area (Å²) in [5.41, 5.74) is 0.917. The third kappa shape index (κ3) is 4.50. The number of hydrogen-bond acceptors (Lipinski definition) is 2. The lowest BCUT2D eigenvalue weighted by Gasteiger charge is -2.25. The Morgan fingerprint density at radius 1 is 1.37 bits per heavy atom. The molecule has 1 aromatic carbocycles. The van der Waals surface area contributed by atoms with Crippen LogP contribution in [0.2, 0.25) is 0 Å². The van der Waals surface area contributed by atoms with E-state index in [1.165, 1.54) is 25.3 Å². The molecule has 1 aromatic rings. The zero-order valence-electron chi connectivity index (χ0n) is 11.9. The number of nitrogens with one attached hydrogen (secondary N) is 1. The van der Waals surface area contributed by atoms with Crippen LogP contribution in [-0.4, -0.2) is 13.2 Å². The molecule has 3 heteroatoms. The number of halogens is 1. The summed E-state index contributed by atoms with van der Waals surface area (Å²) >= 11 is 0. The molecule has 19 heavy (non-hydrogen) atoms. The molecule has 1 aliphatic rings. The van der Waals surface area contributed by atoms with Gasteiger partial charge in [0.15, 0.2) is 0 Å². The summed E-state index contributed by atoms with van der Waals surface area (Å²) < 4.78 is 19.2. The monoisotopic (exact) mass is 265 g/mol. The van der Waals surface area contributed by atoms with Crippen LogP contribution in [-0.2, 0) is 6.54 Å². The summed E-state index contributed by atoms with van der Waals surface area (Å²) in [4.78, 5) is 0. The Kier molecular flexibility index (Phi) is 5.20. The Balaban J connectivity index is 1.91. The standard InChI is InChI=1S/C16H24FNO/c1-12(2)9-18-10-14-8-15(17)6-7-16(14)19-11-13-4-3-5-13/h6-8,12-13,18H,3-5,9-11H2,1-2H3. The third-order valence-electron chi connectivity index (χ3n) is 3.59. The minimum absolute atomic E-state index is 0.197. The average Bonchev–Trinajstić information content (AvgIpc) is 2.29. The number of hydrogen-bond donors (Lipinski definition) is 1. The van der Waals surface area contributed by atoms with Crippen LogP contribution >= 0.6 is 0 Å². The van der Waals surface area contributed by atoms with Crippen LogP contribution in [0.25, 0.3) is 0 Å². The maximum Gasteiger partial charge on any atom is 0.123 e. The molecule has 0 amide bonds. The topological polar surface area (TPSA) is 21.3 Å². The van der Waals surface area contributed by atoms with Crippen LogP contribution in [0.3, 0.4) is 0 Å². The van der Waals surface area contributed by atoms with Crippen molar-refractivity contribution in [3.05, 3.63) is 29.6 Å². The molecule has 0 atom stereocenters. The van der Waals surface area contributed by atoms with E-state index in [0.29, 0.717) is 18.4 Å². The molecule has 0 aliphatic heterocycles. The minimum Gasteiger partial charge on any atom is -0.493 e. The highest BCUT2D eigenvalue weighted by atomic mass is 19.1. The van der Waals surface area contributed by atoms with Gasteiger partial charge in [-0.05, 0) is 49.4 Å². The molecule has 1 fully saturated rings. The highest BCUT2D eigenvalue weighted by molar-refractivity contribution is 5.34. The molecule has 0 radical (unpaired) electrons. The quantitative estimate of drug-likeness (QED) is 0.810. The fourth-order valence-corrected chi connectivity index (χ4v) is 2.19. The van der Waals surface area contributed by atoms with Gasteiger partial charge in [-0.25, -0.2) is 4.39 Å². The molecule has 0 aromatic heterocycles. The van der Waals surface area contributed by atoms with Gasteiger partial charge in [0, 0.05) is 12.1 Å². The summed E-state index contributed by atoms with van der Waals surface area (Å²) in [6, 6.07) is 4.80. The van der Waals surface area contributed by atoms with Gasteiger partial charge < -0.3 is 10.1 Å². The van der Waals surface area contributed by atoms with Gasteiger partial charge in [-0.3, -0.25) is 0 Å². The Morgan fingerprint density at radius 2 is 2.16 bits per heavy atom. The first-order valence-corrected chi connectivity index (χ1v) is 7.27. The van der Waals surface area contributed by atoms with Crippen LogP contribution in [0.1, 0.15) is 38.7 Å². The van der Waals surface area contributed by atoms with E-state index in [-0.39, 0.29) is 5.82 Å². The van der Waals surface area contributed by atoms with Crippen molar-refractivity contribution >= 4 is 0 Å². The van der Waals surface area contributed by atoms with Gasteiger partial charge in [-0.15, -0.1) is 0 Å². The largest absolute Gasteiger partial charge is 0.493 e. The van der Waals surface area contributed by atoms with Crippen molar-refractivity contribution < 1.29 is 9.13 Å². The molecule has 0 saturated heterocycles. The predicted octanol–water partition coefficient (Wildman–Crippen LogP) is 3.75. The second kappa shape index (κ2) is 6.90. The SMILES string of the molecule is CC(C)CNCc1cc(F)ccc1OCC1CCC1. The molecule has 1 N–H and O–H groups in total. The van der Waals surface area contributed by atoms with Crippen molar-refractivity contribution in [2.75, 3.05) is 13.2 Å². The zero-order valence-corrected chi connectivity index (χ0v) is 11.9. The summed E-state index contributed by atoms with van der Waals surface area (Å²) in [5.74, 6) is 1.91. The van der Waals surface area contributed by atoms with E-state index >= 15 is 0 Å². The first-order chi connectivity index (χ1) is 9.15. The van der Waals surface area contributed by atoms with Crippen molar-refractivity contribution in [3.63, 3.8) is 0 Å². The van der Waals surface area contributed by atoms with E-state index in [9.17, 15) is 4.39 Å². The van der Waals surface area contributed by atoms with E-state index in [1.54, 1.807) is 12.1 Å². The zero-order chi connectivity index (χ0) is 13.7. The highest BCUT2D eigenvalue weighted by Gasteiger charge is 2.18. The van der Waals surface area contributed by atoms with Crippen LogP contribution in [0.5, 0.6) is 5.75 Å². The van der Waals surface area contributed by atoms with Gasteiger partial charge in [0.05, 0.1) is 6.61 Å². The molecule has 0 unspecified atom stereocenters. The van der Waals surface area contributed by atoms with Crippen LogP contribution in [0, 0.1) is 17.7 Å². The number of rotatable bonds is 7. The minimum atomic E-state index is -0.197. The third-order valence-corrected chi connectivity index (χ3v) is 3.59. The Hall–Kier alpha value is -1.09. The lowest BCUT2D eigenvalue weighted by molar-refractivity contribution is 0.179. The second-order valence-electron chi connectivity index (χ2n) is 5.88. The fourth-order valence-electron chi connectivity index (χ4n) is 2.19. The summed E-state index contributed by atoms with van der Waals surface area (Å²) in [6.07, 6.45) is 3.85. The molecule has 0 heterocycles. The van der Waals surface area contributed by atoms with E-state index in [2.05, 4.69) is 19.2 Å². The number of ether oxygens (including phenoxy) is 1. The fraction of sp³-hybridized carbons (Fsp3) is 0.625. The van der Waals surface area contributed by atoms with E-state index in [4.69, 9.17) is 4.74 Å². The Bertz CT molecular complexity index is 402. The Morgan fingerprint density at radius 3 is 2.79 bits per heavy atom. The summed E-state index contributed by atoms with van der Waals surface area (Å²) in [7, 11) is 0. The normalized spacial score (nSPS) is 15.6. The second-order valence-corrected chi connectivity index (χ2v) is 5.88. The maximum atomic E-state index is 13.3. The van der Waals surface area contributed by atoms with Crippen molar-refractivity contribution in [1.29, 1.82) is 0 Å². The molecule has 2 rings (SSSR count). The molecule has 1 saturated carbocycles. The summed E-state index contributed by atoms with van der Waals surface area (Å²) in [5, 5.41) is 3.34. The van der Waals surface area contributed by atoms with Crippen LogP contribution < -0.4 is 10.1 Å². The molecule has 0 bridgehead atoms. The lowest BCUT2D eigenvalue weighted by atomic mass is 9.86. The molecule has 2 nitrogen and oxygen atoms in total. The Labute approximate surface area is 115 Å². The first kappa shape index (κ1) is 14.3. The van der Waals surface area contributed by atoms with Crippen LogP contribution in [0.4, 0.5) is 4.39 Å². The average molecular weight is 265 g/mol. The molecule has 106 valence electrons. The lowest BCUT2D eigenvalue weighted by Crippen LogP contribution is -2.22. The van der Waals surface area contributed by atoms with E-state index < -0.39 is 0 Å². The van der Waals surface area contributed by atoms with Gasteiger partial charge in [0.1, 0.15) is 11.6 Å². The molecular weight excluding hydrogens is 241 g/mol. The van der Waals surface area contributed by atoms with Crippen molar-refractivity contribution in [2.24, 2.45) is 11.8 Å². The highest BCUT2D eigenvalue weighted by Crippen LogP contribution is 2.28. The van der Waals surface area contributed by atoms with Crippen molar-refractivity contribution in [2.45, 2.75) is 39.7 Å². The van der Waals surface area contributed by atoms with Gasteiger partial charge in [-0.1, -0.05) is 20.3 Å². The molecular formula is C16H24FNO. The van der Waals surface area contributed by atoms with Crippen molar-refractivity contribution in [3.8, 4) is 5.75 Å². The smallest absolute Gasteiger partial charge is 0.123 e. The van der Waals surface area contributed by atoms with Crippen molar-refractivity contribution in [1.82, 2.24) is 5.32 Å². The van der Waals surface area contributed by atoms with E-state index in [0.717, 1.165) is 24.5 Å². The summed E-state index contributed by atoms with van der Waals surface area (Å²) in [6.45, 7) is 6.68. The molecule has 0 spiro atoms. The first-order valence-electron chi connectivity index (χ1n) is 7.27. The van der Waals surface area contributed by atoms with Gasteiger partial charge in [-0.2, -0.15) is 0 Å². The van der Waals surface area contributed by atoms with Gasteiger partial charge >= 0.3 is 0 Å².